The summed E-state index contributed by atoms with van der Waals surface area (Å²) in [7, 11) is 0. The molecule has 134 valence electrons. The van der Waals surface area contributed by atoms with Gasteiger partial charge in [0.15, 0.2) is 0 Å². The molecule has 4 heterocycles. The van der Waals surface area contributed by atoms with Crippen molar-refractivity contribution in [1.29, 1.82) is 0 Å². The monoisotopic (exact) mass is 343 g/mol. The topological polar surface area (TPSA) is 50.9 Å². The van der Waals surface area contributed by atoms with Gasteiger partial charge in [0.1, 0.15) is 12.4 Å². The number of amides is 1. The third-order valence-electron chi connectivity index (χ3n) is 5.03. The highest BCUT2D eigenvalue weighted by Gasteiger charge is 2.25. The van der Waals surface area contributed by atoms with E-state index in [2.05, 4.69) is 27.8 Å². The van der Waals surface area contributed by atoms with Gasteiger partial charge in [-0.05, 0) is 37.1 Å². The van der Waals surface area contributed by atoms with E-state index in [0.717, 1.165) is 57.9 Å². The fourth-order valence-corrected chi connectivity index (χ4v) is 3.73. The molecule has 4 rings (SSSR count). The van der Waals surface area contributed by atoms with E-state index < -0.39 is 0 Å². The smallest absolute Gasteiger partial charge is 0.248 e. The molecule has 0 aromatic carbocycles. The van der Waals surface area contributed by atoms with Crippen LogP contribution < -0.4 is 0 Å². The summed E-state index contributed by atoms with van der Waals surface area (Å²) >= 11 is 0. The summed E-state index contributed by atoms with van der Waals surface area (Å²) in [6, 6.07) is 8.13. The lowest BCUT2D eigenvalue weighted by atomic mass is 10.3. The molecule has 0 radical (unpaired) electrons. The van der Waals surface area contributed by atoms with Gasteiger partial charge in [0.25, 0.3) is 0 Å². The zero-order valence-electron chi connectivity index (χ0n) is 14.5. The van der Waals surface area contributed by atoms with Crippen LogP contribution in [0, 0.1) is 0 Å². The fourth-order valence-electron chi connectivity index (χ4n) is 3.73. The minimum Gasteiger partial charge on any atom is -0.468 e. The van der Waals surface area contributed by atoms with Gasteiger partial charge in [-0.2, -0.15) is 0 Å². The maximum Gasteiger partial charge on any atom is 0.248 e. The van der Waals surface area contributed by atoms with Crippen LogP contribution in [0.2, 0.25) is 0 Å². The van der Waals surface area contributed by atoms with Crippen molar-refractivity contribution in [2.45, 2.75) is 38.6 Å². The third kappa shape index (κ3) is 3.96. The van der Waals surface area contributed by atoms with Crippen LogP contribution in [0.25, 0.3) is 0 Å². The zero-order valence-corrected chi connectivity index (χ0v) is 14.5. The Morgan fingerprint density at radius 1 is 1.20 bits per heavy atom. The van der Waals surface area contributed by atoms with Gasteiger partial charge >= 0.3 is 0 Å². The molecule has 1 fully saturated rings. The Kier molecular flexibility index (Phi) is 4.90. The third-order valence-corrected chi connectivity index (χ3v) is 5.03. The number of hydrogen-bond donors (Lipinski definition) is 0. The number of furan rings is 1. The molecule has 0 spiro atoms. The number of hydrogen-bond acceptors (Lipinski definition) is 4. The first-order valence-corrected chi connectivity index (χ1v) is 9.06. The molecule has 1 amide bonds. The Morgan fingerprint density at radius 2 is 2.08 bits per heavy atom. The fraction of sp³-hybridized carbons (Fsp3) is 0.526. The van der Waals surface area contributed by atoms with E-state index in [1.165, 1.54) is 5.69 Å². The SMILES string of the molecule is O=C(COC1CN(Cc2ccco2)Cc2cccn2C1)N1CCCC1. The van der Waals surface area contributed by atoms with Gasteiger partial charge in [0.2, 0.25) is 5.91 Å². The van der Waals surface area contributed by atoms with E-state index >= 15 is 0 Å². The van der Waals surface area contributed by atoms with Gasteiger partial charge in [-0.25, -0.2) is 0 Å². The summed E-state index contributed by atoms with van der Waals surface area (Å²) in [4.78, 5) is 16.5. The molecule has 1 saturated heterocycles. The van der Waals surface area contributed by atoms with Gasteiger partial charge < -0.3 is 18.6 Å². The van der Waals surface area contributed by atoms with Crippen LogP contribution in [0.5, 0.6) is 0 Å². The van der Waals surface area contributed by atoms with Crippen molar-refractivity contribution in [3.8, 4) is 0 Å². The lowest BCUT2D eigenvalue weighted by Gasteiger charge is -2.24. The Morgan fingerprint density at radius 3 is 2.88 bits per heavy atom. The number of rotatable bonds is 5. The van der Waals surface area contributed by atoms with Crippen molar-refractivity contribution in [1.82, 2.24) is 14.4 Å². The first-order valence-electron chi connectivity index (χ1n) is 9.06. The van der Waals surface area contributed by atoms with Crippen molar-refractivity contribution >= 4 is 5.91 Å². The van der Waals surface area contributed by atoms with Crippen molar-refractivity contribution < 1.29 is 13.9 Å². The Hall–Kier alpha value is -2.05. The summed E-state index contributed by atoms with van der Waals surface area (Å²) < 4.78 is 13.8. The number of likely N-dealkylation sites (tertiary alicyclic amines) is 1. The Labute approximate surface area is 147 Å². The van der Waals surface area contributed by atoms with Crippen molar-refractivity contribution in [3.05, 3.63) is 48.2 Å². The molecule has 25 heavy (non-hydrogen) atoms. The summed E-state index contributed by atoms with van der Waals surface area (Å²) in [6.45, 7) is 5.10. The first-order chi connectivity index (χ1) is 12.3. The average molecular weight is 343 g/mol. The number of ether oxygens (including phenoxy) is 1. The summed E-state index contributed by atoms with van der Waals surface area (Å²) in [5, 5.41) is 0. The Balaban J connectivity index is 1.40. The molecule has 1 unspecified atom stereocenters. The highest BCUT2D eigenvalue weighted by molar-refractivity contribution is 5.77. The maximum absolute atomic E-state index is 12.3. The van der Waals surface area contributed by atoms with Gasteiger partial charge in [-0.1, -0.05) is 0 Å². The number of carbonyl (C=O) groups excluding carboxylic acids is 1. The van der Waals surface area contributed by atoms with Crippen molar-refractivity contribution in [2.75, 3.05) is 26.2 Å². The molecule has 6 heteroatoms. The zero-order chi connectivity index (χ0) is 17.1. The van der Waals surface area contributed by atoms with Crippen molar-refractivity contribution in [2.24, 2.45) is 0 Å². The van der Waals surface area contributed by atoms with Crippen LogP contribution in [-0.4, -0.2) is 52.6 Å². The highest BCUT2D eigenvalue weighted by Crippen LogP contribution is 2.18. The number of fused-ring (bicyclic) bond motifs is 1. The lowest BCUT2D eigenvalue weighted by molar-refractivity contribution is -0.137. The molecule has 2 aliphatic heterocycles. The molecular weight excluding hydrogens is 318 g/mol. The summed E-state index contributed by atoms with van der Waals surface area (Å²) in [6.07, 6.45) is 6.01. The molecule has 2 aromatic rings. The van der Waals surface area contributed by atoms with E-state index in [1.807, 2.05) is 17.0 Å². The first kappa shape index (κ1) is 16.4. The summed E-state index contributed by atoms with van der Waals surface area (Å²) in [5.74, 6) is 1.07. The quantitative estimate of drug-likeness (QED) is 0.834. The normalized spacial score (nSPS) is 21.3. The average Bonchev–Trinajstić information content (AvgIpc) is 3.35. The predicted octanol–water partition coefficient (Wildman–Crippen LogP) is 2.10. The van der Waals surface area contributed by atoms with Crippen LogP contribution >= 0.6 is 0 Å². The van der Waals surface area contributed by atoms with E-state index in [0.29, 0.717) is 0 Å². The number of nitrogens with zero attached hydrogens (tertiary/aromatic N) is 3. The van der Waals surface area contributed by atoms with Crippen LogP contribution in [0.4, 0.5) is 0 Å². The molecule has 0 bridgehead atoms. The van der Waals surface area contributed by atoms with Gasteiger partial charge in [0.05, 0.1) is 18.9 Å². The predicted molar refractivity (Wildman–Crippen MR) is 92.8 cm³/mol. The molecular formula is C19H25N3O3. The van der Waals surface area contributed by atoms with Crippen LogP contribution in [0.1, 0.15) is 24.3 Å². The molecule has 0 aliphatic carbocycles. The largest absolute Gasteiger partial charge is 0.468 e. The second-order valence-corrected chi connectivity index (χ2v) is 6.92. The summed E-state index contributed by atoms with van der Waals surface area (Å²) in [5.41, 5.74) is 1.27. The minimum atomic E-state index is -0.00448. The molecule has 6 nitrogen and oxygen atoms in total. The maximum atomic E-state index is 12.3. The van der Waals surface area contributed by atoms with Gasteiger partial charge in [-0.15, -0.1) is 0 Å². The second kappa shape index (κ2) is 7.45. The van der Waals surface area contributed by atoms with E-state index in [-0.39, 0.29) is 18.6 Å². The van der Waals surface area contributed by atoms with Crippen LogP contribution in [0.15, 0.2) is 41.1 Å². The molecule has 1 atom stereocenters. The molecule has 2 aliphatic rings. The van der Waals surface area contributed by atoms with Crippen LogP contribution in [0.3, 0.4) is 0 Å². The molecule has 2 aromatic heterocycles. The Bertz CT molecular complexity index is 689. The van der Waals surface area contributed by atoms with Gasteiger partial charge in [-0.3, -0.25) is 9.69 Å². The highest BCUT2D eigenvalue weighted by atomic mass is 16.5. The minimum absolute atomic E-state index is 0.00448. The van der Waals surface area contributed by atoms with E-state index in [9.17, 15) is 4.79 Å². The van der Waals surface area contributed by atoms with Crippen molar-refractivity contribution in [3.63, 3.8) is 0 Å². The lowest BCUT2D eigenvalue weighted by Crippen LogP contribution is -2.37. The molecule has 0 saturated carbocycles. The van der Waals surface area contributed by atoms with Crippen LogP contribution in [-0.2, 0) is 29.2 Å². The standard InChI is InChI=1S/C19H25N3O3/c23-19(21-7-1-2-8-21)15-25-18-13-20(12-17-6-4-10-24-17)11-16-5-3-9-22(16)14-18/h3-6,9-10,18H,1-2,7-8,11-15H2. The van der Waals surface area contributed by atoms with E-state index in [4.69, 9.17) is 9.15 Å². The second-order valence-electron chi connectivity index (χ2n) is 6.92. The van der Waals surface area contributed by atoms with E-state index in [1.54, 1.807) is 6.26 Å². The molecule has 0 N–H and O–H groups in total. The van der Waals surface area contributed by atoms with Gasteiger partial charge in [0, 0.05) is 44.6 Å². The number of carbonyl (C=O) groups is 1. The number of aromatic nitrogens is 1.